The molecule has 0 saturated carbocycles. The summed E-state index contributed by atoms with van der Waals surface area (Å²) < 4.78 is 5.77. The maximum absolute atomic E-state index is 12.1. The lowest BCUT2D eigenvalue weighted by atomic mass is 9.99. The fourth-order valence-electron chi connectivity index (χ4n) is 2.58. The Kier molecular flexibility index (Phi) is 4.17. The van der Waals surface area contributed by atoms with Crippen molar-refractivity contribution in [2.24, 2.45) is 0 Å². The maximum atomic E-state index is 12.1. The standard InChI is InChI=1S/C18H16N2O2/c19-10-13-4-3-7-15(8-13)18(21)20-11-17-9-14-5-1-2-6-16(14)12-22-17/h1-8,17H,9,11-12H2,(H,20,21)/t17-/m0/s1. The van der Waals surface area contributed by atoms with Crippen molar-refractivity contribution >= 4 is 5.91 Å². The SMILES string of the molecule is N#Cc1cccc(C(=O)NC[C@@H]2Cc3ccccc3CO2)c1. The Morgan fingerprint density at radius 1 is 1.23 bits per heavy atom. The zero-order chi connectivity index (χ0) is 15.4. The van der Waals surface area contributed by atoms with E-state index in [2.05, 4.69) is 17.4 Å². The van der Waals surface area contributed by atoms with Crippen LogP contribution in [0.25, 0.3) is 0 Å². The second-order valence-corrected chi connectivity index (χ2v) is 5.31. The highest BCUT2D eigenvalue weighted by Gasteiger charge is 2.19. The maximum Gasteiger partial charge on any atom is 0.251 e. The van der Waals surface area contributed by atoms with Crippen LogP contribution in [-0.4, -0.2) is 18.6 Å². The summed E-state index contributed by atoms with van der Waals surface area (Å²) in [6.07, 6.45) is 0.785. The highest BCUT2D eigenvalue weighted by Crippen LogP contribution is 2.19. The zero-order valence-electron chi connectivity index (χ0n) is 12.1. The first kappa shape index (κ1) is 14.3. The quantitative estimate of drug-likeness (QED) is 0.945. The van der Waals surface area contributed by atoms with E-state index in [1.807, 2.05) is 18.2 Å². The number of amides is 1. The van der Waals surface area contributed by atoms with Gasteiger partial charge in [-0.3, -0.25) is 4.79 Å². The monoisotopic (exact) mass is 292 g/mol. The summed E-state index contributed by atoms with van der Waals surface area (Å²) in [5, 5.41) is 11.7. The summed E-state index contributed by atoms with van der Waals surface area (Å²) in [6.45, 7) is 1.05. The number of nitrogens with zero attached hydrogens (tertiary/aromatic N) is 1. The summed E-state index contributed by atoms with van der Waals surface area (Å²) in [7, 11) is 0. The predicted molar refractivity (Wildman–Crippen MR) is 82.2 cm³/mol. The first-order chi connectivity index (χ1) is 10.8. The van der Waals surface area contributed by atoms with Crippen LogP contribution in [-0.2, 0) is 17.8 Å². The lowest BCUT2D eigenvalue weighted by Gasteiger charge is -2.25. The van der Waals surface area contributed by atoms with Crippen LogP contribution in [0.2, 0.25) is 0 Å². The van der Waals surface area contributed by atoms with E-state index < -0.39 is 0 Å². The fraction of sp³-hybridized carbons (Fsp3) is 0.222. The topological polar surface area (TPSA) is 62.1 Å². The molecule has 0 saturated heterocycles. The number of benzene rings is 2. The molecule has 3 rings (SSSR count). The molecule has 2 aromatic carbocycles. The fourth-order valence-corrected chi connectivity index (χ4v) is 2.58. The average molecular weight is 292 g/mol. The lowest BCUT2D eigenvalue weighted by molar-refractivity contribution is 0.0285. The molecule has 1 amide bonds. The molecular formula is C18H16N2O2. The molecule has 0 bridgehead atoms. The van der Waals surface area contributed by atoms with Gasteiger partial charge in [0.15, 0.2) is 0 Å². The molecule has 22 heavy (non-hydrogen) atoms. The van der Waals surface area contributed by atoms with Crippen LogP contribution in [0.4, 0.5) is 0 Å². The second kappa shape index (κ2) is 6.42. The molecule has 0 spiro atoms. The molecule has 4 heteroatoms. The van der Waals surface area contributed by atoms with Gasteiger partial charge in [-0.1, -0.05) is 30.3 Å². The van der Waals surface area contributed by atoms with E-state index in [0.717, 1.165) is 6.42 Å². The van der Waals surface area contributed by atoms with Gasteiger partial charge < -0.3 is 10.1 Å². The van der Waals surface area contributed by atoms with Gasteiger partial charge in [-0.05, 0) is 29.3 Å². The number of hydrogen-bond acceptors (Lipinski definition) is 3. The molecule has 4 nitrogen and oxygen atoms in total. The molecule has 0 unspecified atom stereocenters. The lowest BCUT2D eigenvalue weighted by Crippen LogP contribution is -2.36. The molecule has 1 aliphatic rings. The molecule has 1 heterocycles. The minimum absolute atomic E-state index is 0.0157. The third kappa shape index (κ3) is 3.16. The average Bonchev–Trinajstić information content (AvgIpc) is 2.59. The second-order valence-electron chi connectivity index (χ2n) is 5.31. The van der Waals surface area contributed by atoms with Gasteiger partial charge in [-0.2, -0.15) is 5.26 Å². The summed E-state index contributed by atoms with van der Waals surface area (Å²) >= 11 is 0. The molecule has 1 N–H and O–H groups in total. The van der Waals surface area contributed by atoms with Gasteiger partial charge in [0, 0.05) is 18.5 Å². The molecular weight excluding hydrogens is 276 g/mol. The van der Waals surface area contributed by atoms with Crippen LogP contribution in [0.15, 0.2) is 48.5 Å². The zero-order valence-corrected chi connectivity index (χ0v) is 12.1. The molecule has 2 aromatic rings. The van der Waals surface area contributed by atoms with Crippen molar-refractivity contribution in [3.8, 4) is 6.07 Å². The van der Waals surface area contributed by atoms with Crippen molar-refractivity contribution in [3.63, 3.8) is 0 Å². The van der Waals surface area contributed by atoms with Gasteiger partial charge in [-0.25, -0.2) is 0 Å². The van der Waals surface area contributed by atoms with Gasteiger partial charge >= 0.3 is 0 Å². The Hall–Kier alpha value is -2.64. The number of hydrogen-bond donors (Lipinski definition) is 1. The molecule has 1 atom stereocenters. The van der Waals surface area contributed by atoms with Crippen LogP contribution in [0.1, 0.15) is 27.0 Å². The van der Waals surface area contributed by atoms with Crippen LogP contribution < -0.4 is 5.32 Å². The van der Waals surface area contributed by atoms with Crippen molar-refractivity contribution in [3.05, 3.63) is 70.8 Å². The summed E-state index contributed by atoms with van der Waals surface area (Å²) in [5.74, 6) is -0.181. The van der Waals surface area contributed by atoms with E-state index in [4.69, 9.17) is 10.00 Å². The number of carbonyl (C=O) groups excluding carboxylic acids is 1. The largest absolute Gasteiger partial charge is 0.371 e. The summed E-state index contributed by atoms with van der Waals surface area (Å²) in [4.78, 5) is 12.1. The van der Waals surface area contributed by atoms with E-state index in [0.29, 0.717) is 24.3 Å². The minimum atomic E-state index is -0.181. The summed E-state index contributed by atoms with van der Waals surface area (Å²) in [5.41, 5.74) is 3.47. The first-order valence-corrected chi connectivity index (χ1v) is 7.23. The van der Waals surface area contributed by atoms with Crippen LogP contribution in [0, 0.1) is 11.3 Å². The molecule has 110 valence electrons. The van der Waals surface area contributed by atoms with Gasteiger partial charge in [0.05, 0.1) is 24.3 Å². The third-order valence-electron chi connectivity index (χ3n) is 3.78. The Labute approximate surface area is 129 Å². The van der Waals surface area contributed by atoms with E-state index in [9.17, 15) is 4.79 Å². The van der Waals surface area contributed by atoms with Gasteiger partial charge in [-0.15, -0.1) is 0 Å². The van der Waals surface area contributed by atoms with Crippen molar-refractivity contribution in [1.29, 1.82) is 5.26 Å². The number of rotatable bonds is 3. The van der Waals surface area contributed by atoms with E-state index in [-0.39, 0.29) is 12.0 Å². The van der Waals surface area contributed by atoms with Crippen LogP contribution >= 0.6 is 0 Å². The Morgan fingerprint density at radius 3 is 2.86 bits per heavy atom. The van der Waals surface area contributed by atoms with Gasteiger partial charge in [0.25, 0.3) is 5.91 Å². The van der Waals surface area contributed by atoms with Gasteiger partial charge in [0.1, 0.15) is 0 Å². The van der Waals surface area contributed by atoms with Gasteiger partial charge in [0.2, 0.25) is 0 Å². The number of carbonyl (C=O) groups is 1. The van der Waals surface area contributed by atoms with E-state index >= 15 is 0 Å². The molecule has 0 radical (unpaired) electrons. The van der Waals surface area contributed by atoms with Crippen LogP contribution in [0.5, 0.6) is 0 Å². The van der Waals surface area contributed by atoms with E-state index in [1.165, 1.54) is 11.1 Å². The first-order valence-electron chi connectivity index (χ1n) is 7.23. The van der Waals surface area contributed by atoms with Crippen molar-refractivity contribution < 1.29 is 9.53 Å². The predicted octanol–water partition coefficient (Wildman–Crippen LogP) is 2.43. The Morgan fingerprint density at radius 2 is 2.05 bits per heavy atom. The molecule has 1 aliphatic heterocycles. The van der Waals surface area contributed by atoms with Crippen molar-refractivity contribution in [2.45, 2.75) is 19.1 Å². The molecule has 0 fully saturated rings. The Bertz CT molecular complexity index is 734. The number of nitriles is 1. The highest BCUT2D eigenvalue weighted by molar-refractivity contribution is 5.94. The smallest absolute Gasteiger partial charge is 0.251 e. The van der Waals surface area contributed by atoms with Crippen molar-refractivity contribution in [2.75, 3.05) is 6.54 Å². The third-order valence-corrected chi connectivity index (χ3v) is 3.78. The number of fused-ring (bicyclic) bond motifs is 1. The van der Waals surface area contributed by atoms with Crippen molar-refractivity contribution in [1.82, 2.24) is 5.32 Å². The Balaban J connectivity index is 1.59. The molecule has 0 aromatic heterocycles. The molecule has 0 aliphatic carbocycles. The minimum Gasteiger partial charge on any atom is -0.371 e. The van der Waals surface area contributed by atoms with Crippen LogP contribution in [0.3, 0.4) is 0 Å². The number of ether oxygens (including phenoxy) is 1. The normalized spacial score (nSPS) is 16.4. The van der Waals surface area contributed by atoms with E-state index in [1.54, 1.807) is 24.3 Å². The number of nitrogens with one attached hydrogen (secondary N) is 1. The summed E-state index contributed by atoms with van der Waals surface area (Å²) in [6, 6.07) is 16.9. The highest BCUT2D eigenvalue weighted by atomic mass is 16.5.